The molecular formula is C21H26O2. The minimum Gasteiger partial charge on any atom is -0.497 e. The molecule has 0 saturated heterocycles. The van der Waals surface area contributed by atoms with Gasteiger partial charge in [0.25, 0.3) is 0 Å². The lowest BCUT2D eigenvalue weighted by Gasteiger charge is -2.11. The molecule has 0 atom stereocenters. The summed E-state index contributed by atoms with van der Waals surface area (Å²) >= 11 is 0. The number of rotatable bonds is 8. The van der Waals surface area contributed by atoms with Crippen LogP contribution in [0.4, 0.5) is 0 Å². The fourth-order valence-corrected chi connectivity index (χ4v) is 2.58. The lowest BCUT2D eigenvalue weighted by Crippen LogP contribution is -1.91. The second-order valence-corrected chi connectivity index (χ2v) is 5.57. The predicted octanol–water partition coefficient (Wildman–Crippen LogP) is 5.72. The number of hydrogen-bond acceptors (Lipinski definition) is 2. The maximum atomic E-state index is 5.26. The lowest BCUT2D eigenvalue weighted by molar-refractivity contribution is 0.414. The Kier molecular flexibility index (Phi) is 6.74. The van der Waals surface area contributed by atoms with Crippen molar-refractivity contribution in [1.29, 1.82) is 0 Å². The van der Waals surface area contributed by atoms with E-state index in [0.29, 0.717) is 0 Å². The summed E-state index contributed by atoms with van der Waals surface area (Å²) in [6.07, 6.45) is 7.19. The summed E-state index contributed by atoms with van der Waals surface area (Å²) in [5.41, 5.74) is 3.70. The van der Waals surface area contributed by atoms with Crippen molar-refractivity contribution in [2.24, 2.45) is 0 Å². The van der Waals surface area contributed by atoms with Crippen LogP contribution in [0.25, 0.3) is 5.57 Å². The number of benzene rings is 2. The maximum Gasteiger partial charge on any atom is 0.118 e. The van der Waals surface area contributed by atoms with E-state index in [2.05, 4.69) is 37.3 Å². The molecular weight excluding hydrogens is 284 g/mol. The zero-order chi connectivity index (χ0) is 16.5. The van der Waals surface area contributed by atoms with Crippen LogP contribution in [0.1, 0.15) is 43.7 Å². The Morgan fingerprint density at radius 2 is 1.26 bits per heavy atom. The van der Waals surface area contributed by atoms with E-state index in [-0.39, 0.29) is 0 Å². The predicted molar refractivity (Wildman–Crippen MR) is 97.2 cm³/mol. The SMILES string of the molecule is CCCCCC=C(c1ccc(OC)cc1)c1ccc(OC)cc1. The van der Waals surface area contributed by atoms with Gasteiger partial charge in [-0.2, -0.15) is 0 Å². The van der Waals surface area contributed by atoms with E-state index in [0.717, 1.165) is 17.9 Å². The highest BCUT2D eigenvalue weighted by molar-refractivity contribution is 5.80. The molecule has 23 heavy (non-hydrogen) atoms. The van der Waals surface area contributed by atoms with Crippen LogP contribution in [0.2, 0.25) is 0 Å². The zero-order valence-electron chi connectivity index (χ0n) is 14.3. The molecule has 122 valence electrons. The summed E-state index contributed by atoms with van der Waals surface area (Å²) < 4.78 is 10.5. The van der Waals surface area contributed by atoms with Gasteiger partial charge in [0, 0.05) is 0 Å². The average molecular weight is 310 g/mol. The highest BCUT2D eigenvalue weighted by Gasteiger charge is 2.06. The van der Waals surface area contributed by atoms with E-state index in [4.69, 9.17) is 9.47 Å². The molecule has 2 aromatic rings. The molecule has 0 aliphatic rings. The first kappa shape index (κ1) is 17.1. The van der Waals surface area contributed by atoms with Gasteiger partial charge in [0.1, 0.15) is 11.5 Å². The standard InChI is InChI=1S/C21H26O2/c1-4-5-6-7-8-21(17-9-13-19(22-2)14-10-17)18-11-15-20(23-3)16-12-18/h8-16H,4-7H2,1-3H3. The van der Waals surface area contributed by atoms with Crippen LogP contribution in [0.5, 0.6) is 11.5 Å². The quantitative estimate of drug-likeness (QED) is 0.581. The van der Waals surface area contributed by atoms with Gasteiger partial charge in [-0.15, -0.1) is 0 Å². The van der Waals surface area contributed by atoms with Crippen LogP contribution < -0.4 is 9.47 Å². The molecule has 2 nitrogen and oxygen atoms in total. The molecule has 0 unspecified atom stereocenters. The van der Waals surface area contributed by atoms with Gasteiger partial charge in [0.05, 0.1) is 14.2 Å². The summed E-state index contributed by atoms with van der Waals surface area (Å²) in [4.78, 5) is 0. The smallest absolute Gasteiger partial charge is 0.118 e. The molecule has 0 N–H and O–H groups in total. The Morgan fingerprint density at radius 3 is 1.65 bits per heavy atom. The molecule has 0 aliphatic heterocycles. The van der Waals surface area contributed by atoms with Gasteiger partial charge in [0.2, 0.25) is 0 Å². The fourth-order valence-electron chi connectivity index (χ4n) is 2.58. The highest BCUT2D eigenvalue weighted by Crippen LogP contribution is 2.27. The van der Waals surface area contributed by atoms with E-state index in [1.54, 1.807) is 14.2 Å². The first-order valence-corrected chi connectivity index (χ1v) is 8.27. The van der Waals surface area contributed by atoms with Gasteiger partial charge in [0.15, 0.2) is 0 Å². The summed E-state index contributed by atoms with van der Waals surface area (Å²) in [5, 5.41) is 0. The van der Waals surface area contributed by atoms with Crippen molar-refractivity contribution in [1.82, 2.24) is 0 Å². The van der Waals surface area contributed by atoms with Crippen LogP contribution in [-0.2, 0) is 0 Å². The minimum absolute atomic E-state index is 0.883. The van der Waals surface area contributed by atoms with Crippen molar-refractivity contribution >= 4 is 5.57 Å². The number of methoxy groups -OCH3 is 2. The van der Waals surface area contributed by atoms with Crippen LogP contribution in [0, 0.1) is 0 Å². The van der Waals surface area contributed by atoms with Crippen LogP contribution in [0.15, 0.2) is 54.6 Å². The molecule has 0 heterocycles. The van der Waals surface area contributed by atoms with Gasteiger partial charge in [-0.05, 0) is 53.8 Å². The molecule has 0 spiro atoms. The maximum absolute atomic E-state index is 5.26. The third kappa shape index (κ3) is 4.88. The van der Waals surface area contributed by atoms with Gasteiger partial charge in [-0.3, -0.25) is 0 Å². The highest BCUT2D eigenvalue weighted by atomic mass is 16.5. The largest absolute Gasteiger partial charge is 0.497 e. The minimum atomic E-state index is 0.883. The zero-order valence-corrected chi connectivity index (χ0v) is 14.3. The Morgan fingerprint density at radius 1 is 0.783 bits per heavy atom. The van der Waals surface area contributed by atoms with Crippen molar-refractivity contribution < 1.29 is 9.47 Å². The molecule has 2 heteroatoms. The Bertz CT molecular complexity index is 560. The first-order chi connectivity index (χ1) is 11.3. The molecule has 0 saturated carbocycles. The number of unbranched alkanes of at least 4 members (excludes halogenated alkanes) is 3. The number of hydrogen-bond donors (Lipinski definition) is 0. The van der Waals surface area contributed by atoms with Crippen molar-refractivity contribution in [3.63, 3.8) is 0 Å². The Balaban J connectivity index is 2.29. The van der Waals surface area contributed by atoms with Crippen LogP contribution in [-0.4, -0.2) is 14.2 Å². The molecule has 2 aromatic carbocycles. The van der Waals surface area contributed by atoms with Crippen LogP contribution in [0.3, 0.4) is 0 Å². The Labute approximate surface area is 139 Å². The van der Waals surface area contributed by atoms with E-state index in [9.17, 15) is 0 Å². The molecule has 2 rings (SSSR count). The van der Waals surface area contributed by atoms with E-state index < -0.39 is 0 Å². The van der Waals surface area contributed by atoms with Crippen molar-refractivity contribution in [3.8, 4) is 11.5 Å². The lowest BCUT2D eigenvalue weighted by atomic mass is 9.96. The molecule has 0 fully saturated rings. The second kappa shape index (κ2) is 9.04. The number of ether oxygens (including phenoxy) is 2. The van der Waals surface area contributed by atoms with Gasteiger partial charge in [-0.25, -0.2) is 0 Å². The fraction of sp³-hybridized carbons (Fsp3) is 0.333. The summed E-state index contributed by atoms with van der Waals surface area (Å²) in [7, 11) is 3.39. The van der Waals surface area contributed by atoms with E-state index in [1.807, 2.05) is 24.3 Å². The monoisotopic (exact) mass is 310 g/mol. The van der Waals surface area contributed by atoms with Gasteiger partial charge >= 0.3 is 0 Å². The molecule has 0 bridgehead atoms. The first-order valence-electron chi connectivity index (χ1n) is 8.27. The third-order valence-corrected chi connectivity index (χ3v) is 3.96. The van der Waals surface area contributed by atoms with Gasteiger partial charge in [-0.1, -0.05) is 50.1 Å². The summed E-state index contributed by atoms with van der Waals surface area (Å²) in [6.45, 7) is 2.23. The molecule has 0 aromatic heterocycles. The molecule has 0 radical (unpaired) electrons. The van der Waals surface area contributed by atoms with Crippen molar-refractivity contribution in [3.05, 3.63) is 65.7 Å². The van der Waals surface area contributed by atoms with E-state index in [1.165, 1.54) is 36.0 Å². The van der Waals surface area contributed by atoms with Crippen molar-refractivity contribution in [2.75, 3.05) is 14.2 Å². The third-order valence-electron chi connectivity index (χ3n) is 3.96. The average Bonchev–Trinajstić information content (AvgIpc) is 2.62. The molecule has 0 amide bonds. The van der Waals surface area contributed by atoms with Crippen LogP contribution >= 0.6 is 0 Å². The normalized spacial score (nSPS) is 10.2. The Hall–Kier alpha value is -2.22. The second-order valence-electron chi connectivity index (χ2n) is 5.57. The van der Waals surface area contributed by atoms with Gasteiger partial charge < -0.3 is 9.47 Å². The summed E-state index contributed by atoms with van der Waals surface area (Å²) in [5.74, 6) is 1.77. The van der Waals surface area contributed by atoms with E-state index >= 15 is 0 Å². The number of allylic oxidation sites excluding steroid dienone is 1. The topological polar surface area (TPSA) is 18.5 Å². The molecule has 0 aliphatic carbocycles. The van der Waals surface area contributed by atoms with Crippen molar-refractivity contribution in [2.45, 2.75) is 32.6 Å². The summed E-state index contributed by atoms with van der Waals surface area (Å²) in [6, 6.07) is 16.5.